The monoisotopic (exact) mass is 382 g/mol. The Labute approximate surface area is 162 Å². The Kier molecular flexibility index (Phi) is 20.1. The number of hydrogen-bond acceptors (Lipinski definition) is 5. The topological polar surface area (TPSA) is 75.3 Å². The van der Waals surface area contributed by atoms with Crippen molar-refractivity contribution in [3.63, 3.8) is 0 Å². The molecule has 5 nitrogen and oxygen atoms in total. The number of likely N-dealkylation sites (N-methyl/N-ethyl adjacent to an activating group) is 1. The minimum absolute atomic E-state index is 0.000205. The van der Waals surface area contributed by atoms with Crippen molar-refractivity contribution in [1.82, 2.24) is 10.6 Å². The molecule has 1 rings (SSSR count). The highest BCUT2D eigenvalue weighted by Gasteiger charge is 2.15. The van der Waals surface area contributed by atoms with E-state index in [1.165, 1.54) is 13.3 Å². The van der Waals surface area contributed by atoms with Crippen LogP contribution in [0.2, 0.25) is 0 Å². The van der Waals surface area contributed by atoms with Crippen molar-refractivity contribution < 1.29 is 14.4 Å². The fourth-order valence-electron chi connectivity index (χ4n) is 1.76. The average Bonchev–Trinajstić information content (AvgIpc) is 2.61. The van der Waals surface area contributed by atoms with Crippen LogP contribution in [-0.2, 0) is 20.8 Å². The molecular formula is C20H34N2O3S. The number of hydrogen-bond donors (Lipinski definition) is 2. The maximum atomic E-state index is 12.0. The minimum Gasteiger partial charge on any atom is -0.354 e. The zero-order chi connectivity index (χ0) is 20.2. The second kappa shape index (κ2) is 19.7. The number of carbonyl (C=O) groups excluding carboxylic acids is 3. The SMILES string of the molecule is CC=O.CCC.CNC(Cc1ccccc1)C(=O)NCCSCC(C)=O. The van der Waals surface area contributed by atoms with Crippen molar-refractivity contribution >= 4 is 29.7 Å². The highest BCUT2D eigenvalue weighted by atomic mass is 32.2. The molecule has 0 fully saturated rings. The third kappa shape index (κ3) is 17.2. The van der Waals surface area contributed by atoms with Crippen LogP contribution >= 0.6 is 11.8 Å². The van der Waals surface area contributed by atoms with E-state index in [-0.39, 0.29) is 17.7 Å². The molecule has 0 saturated heterocycles. The summed E-state index contributed by atoms with van der Waals surface area (Å²) in [4.78, 5) is 31.6. The van der Waals surface area contributed by atoms with Crippen LogP contribution in [0.1, 0.15) is 39.7 Å². The molecule has 0 aromatic heterocycles. The lowest BCUT2D eigenvalue weighted by Crippen LogP contribution is -2.44. The van der Waals surface area contributed by atoms with E-state index in [1.54, 1.807) is 25.7 Å². The maximum absolute atomic E-state index is 12.0. The number of ketones is 1. The van der Waals surface area contributed by atoms with E-state index in [2.05, 4.69) is 24.5 Å². The smallest absolute Gasteiger partial charge is 0.237 e. The first kappa shape index (κ1) is 26.6. The summed E-state index contributed by atoms with van der Waals surface area (Å²) in [5, 5.41) is 5.93. The third-order valence-corrected chi connectivity index (χ3v) is 3.90. The van der Waals surface area contributed by atoms with E-state index in [0.717, 1.165) is 17.6 Å². The van der Waals surface area contributed by atoms with E-state index >= 15 is 0 Å². The van der Waals surface area contributed by atoms with Gasteiger partial charge in [0.2, 0.25) is 5.91 Å². The summed E-state index contributed by atoms with van der Waals surface area (Å²) < 4.78 is 0. The van der Waals surface area contributed by atoms with Crippen LogP contribution in [0.5, 0.6) is 0 Å². The first-order chi connectivity index (χ1) is 12.5. The predicted octanol–water partition coefficient (Wildman–Crippen LogP) is 2.88. The number of rotatable bonds is 9. The largest absolute Gasteiger partial charge is 0.354 e. The summed E-state index contributed by atoms with van der Waals surface area (Å²) in [7, 11) is 1.79. The summed E-state index contributed by atoms with van der Waals surface area (Å²) in [5.41, 5.74) is 1.13. The average molecular weight is 383 g/mol. The van der Waals surface area contributed by atoms with Gasteiger partial charge in [0, 0.05) is 12.3 Å². The number of aldehydes is 1. The zero-order valence-electron chi connectivity index (χ0n) is 16.7. The predicted molar refractivity (Wildman–Crippen MR) is 112 cm³/mol. The normalized spacial score (nSPS) is 10.3. The highest BCUT2D eigenvalue weighted by Crippen LogP contribution is 2.03. The van der Waals surface area contributed by atoms with E-state index in [1.807, 2.05) is 30.3 Å². The van der Waals surface area contributed by atoms with Crippen LogP contribution in [-0.4, -0.2) is 49.1 Å². The van der Waals surface area contributed by atoms with Crippen LogP contribution in [0.4, 0.5) is 0 Å². The summed E-state index contributed by atoms with van der Waals surface area (Å²) in [6.45, 7) is 7.85. The molecule has 6 heteroatoms. The standard InChI is InChI=1S/C15H22N2O2S.C3H8.C2H4O/c1-12(18)11-20-9-8-17-15(19)14(16-2)10-13-6-4-3-5-7-13;1-3-2;1-2-3/h3-7,14,16H,8-11H2,1-2H3,(H,17,19);3H2,1-2H3;2H,1H3. The van der Waals surface area contributed by atoms with Gasteiger partial charge >= 0.3 is 0 Å². The summed E-state index contributed by atoms with van der Waals surface area (Å²) in [6.07, 6.45) is 2.67. The highest BCUT2D eigenvalue weighted by molar-refractivity contribution is 7.99. The van der Waals surface area contributed by atoms with Gasteiger partial charge in [-0.1, -0.05) is 50.6 Å². The molecule has 2 N–H and O–H groups in total. The van der Waals surface area contributed by atoms with Gasteiger partial charge in [0.15, 0.2) is 0 Å². The second-order valence-electron chi connectivity index (χ2n) is 5.52. The number of nitrogens with one attached hydrogen (secondary N) is 2. The molecule has 1 unspecified atom stereocenters. The molecule has 148 valence electrons. The lowest BCUT2D eigenvalue weighted by molar-refractivity contribution is -0.122. The van der Waals surface area contributed by atoms with Gasteiger partial charge in [0.1, 0.15) is 12.1 Å². The van der Waals surface area contributed by atoms with Gasteiger partial charge in [-0.15, -0.1) is 0 Å². The summed E-state index contributed by atoms with van der Waals surface area (Å²) >= 11 is 1.54. The number of thioether (sulfide) groups is 1. The molecule has 0 aliphatic rings. The second-order valence-corrected chi connectivity index (χ2v) is 6.62. The summed E-state index contributed by atoms with van der Waals surface area (Å²) in [5.74, 6) is 1.43. The molecule has 1 aromatic rings. The van der Waals surface area contributed by atoms with E-state index in [9.17, 15) is 9.59 Å². The van der Waals surface area contributed by atoms with Crippen molar-refractivity contribution in [2.75, 3.05) is 25.1 Å². The Bertz CT molecular complexity index is 481. The van der Waals surface area contributed by atoms with Gasteiger partial charge < -0.3 is 15.4 Å². The Balaban J connectivity index is 0. The van der Waals surface area contributed by atoms with Crippen molar-refractivity contribution in [2.24, 2.45) is 0 Å². The van der Waals surface area contributed by atoms with Gasteiger partial charge in [-0.25, -0.2) is 0 Å². The number of amides is 1. The molecule has 0 spiro atoms. The van der Waals surface area contributed by atoms with Crippen LogP contribution in [0.15, 0.2) is 30.3 Å². The maximum Gasteiger partial charge on any atom is 0.237 e. The molecule has 0 aliphatic heterocycles. The fourth-order valence-corrected chi connectivity index (χ4v) is 2.44. The molecule has 0 heterocycles. The molecule has 0 aliphatic carbocycles. The van der Waals surface area contributed by atoms with Gasteiger partial charge in [-0.05, 0) is 32.9 Å². The van der Waals surface area contributed by atoms with Crippen molar-refractivity contribution in [2.45, 2.75) is 46.6 Å². The molecule has 0 saturated carbocycles. The van der Waals surface area contributed by atoms with E-state index in [0.29, 0.717) is 18.7 Å². The van der Waals surface area contributed by atoms with Gasteiger partial charge in [0.25, 0.3) is 0 Å². The van der Waals surface area contributed by atoms with Crippen LogP contribution in [0, 0.1) is 0 Å². The zero-order valence-corrected chi connectivity index (χ0v) is 17.5. The molecule has 26 heavy (non-hydrogen) atoms. The van der Waals surface area contributed by atoms with Crippen molar-refractivity contribution in [3.05, 3.63) is 35.9 Å². The van der Waals surface area contributed by atoms with Crippen LogP contribution in [0.3, 0.4) is 0 Å². The number of benzene rings is 1. The Morgan fingerprint density at radius 1 is 1.19 bits per heavy atom. The number of Topliss-reactive ketones (excluding diaryl/α,β-unsaturated/α-hetero) is 1. The van der Waals surface area contributed by atoms with Crippen molar-refractivity contribution in [3.8, 4) is 0 Å². The number of carbonyl (C=O) groups is 3. The quantitative estimate of drug-likeness (QED) is 0.507. The molecule has 1 atom stereocenters. The first-order valence-corrected chi connectivity index (χ1v) is 10.1. The van der Waals surface area contributed by atoms with Gasteiger partial charge in [0.05, 0.1) is 11.8 Å². The lowest BCUT2D eigenvalue weighted by Gasteiger charge is -2.16. The van der Waals surface area contributed by atoms with Crippen LogP contribution in [0.25, 0.3) is 0 Å². The molecule has 0 radical (unpaired) electrons. The van der Waals surface area contributed by atoms with Gasteiger partial charge in [-0.2, -0.15) is 11.8 Å². The summed E-state index contributed by atoms with van der Waals surface area (Å²) in [6, 6.07) is 9.71. The van der Waals surface area contributed by atoms with Crippen LogP contribution < -0.4 is 10.6 Å². The molecule has 0 bridgehead atoms. The lowest BCUT2D eigenvalue weighted by atomic mass is 10.1. The van der Waals surface area contributed by atoms with Crippen molar-refractivity contribution in [1.29, 1.82) is 0 Å². The molecular weight excluding hydrogens is 348 g/mol. The first-order valence-electron chi connectivity index (χ1n) is 8.92. The Hall–Kier alpha value is -1.66. The van der Waals surface area contributed by atoms with E-state index < -0.39 is 0 Å². The Morgan fingerprint density at radius 3 is 2.19 bits per heavy atom. The van der Waals surface area contributed by atoms with Gasteiger partial charge in [-0.3, -0.25) is 9.59 Å². The minimum atomic E-state index is -0.227. The fraction of sp³-hybridized carbons (Fsp3) is 0.550. The Morgan fingerprint density at radius 2 is 1.73 bits per heavy atom. The molecule has 1 amide bonds. The third-order valence-electron chi connectivity index (χ3n) is 2.80. The molecule has 1 aromatic carbocycles. The van der Waals surface area contributed by atoms with E-state index in [4.69, 9.17) is 4.79 Å².